The van der Waals surface area contributed by atoms with Gasteiger partial charge in [0.25, 0.3) is 5.91 Å². The molecule has 26 heavy (non-hydrogen) atoms. The number of carbonyl (C=O) groups excluding carboxylic acids is 1. The molecule has 134 valence electrons. The Kier molecular flexibility index (Phi) is 4.95. The molecule has 1 amide bonds. The number of carbonyl (C=O) groups is 1. The number of rotatable bonds is 4. The second-order valence-electron chi connectivity index (χ2n) is 5.81. The lowest BCUT2D eigenvalue weighted by atomic mass is 10.1. The third-order valence-electron chi connectivity index (χ3n) is 4.07. The molecule has 1 aromatic heterocycles. The molecule has 0 aliphatic rings. The van der Waals surface area contributed by atoms with E-state index in [0.29, 0.717) is 27.5 Å². The highest BCUT2D eigenvalue weighted by Crippen LogP contribution is 2.28. The van der Waals surface area contributed by atoms with E-state index in [9.17, 15) is 4.79 Å². The maximum absolute atomic E-state index is 12.7. The molecule has 0 bridgehead atoms. The number of nitrogens with one attached hydrogen (secondary N) is 1. The second kappa shape index (κ2) is 7.17. The maximum Gasteiger partial charge on any atom is 0.279 e. The summed E-state index contributed by atoms with van der Waals surface area (Å²) >= 11 is 6.10. The van der Waals surface area contributed by atoms with Gasteiger partial charge in [-0.3, -0.25) is 4.79 Å². The average Bonchev–Trinajstić information content (AvgIpc) is 2.62. The van der Waals surface area contributed by atoms with Gasteiger partial charge in [0.2, 0.25) is 5.88 Å². The van der Waals surface area contributed by atoms with Crippen LogP contribution in [-0.2, 0) is 0 Å². The lowest BCUT2D eigenvalue weighted by molar-refractivity contribution is 0.101. The molecule has 7 heteroatoms. The number of amides is 1. The van der Waals surface area contributed by atoms with Gasteiger partial charge in [-0.2, -0.15) is 0 Å². The molecular weight excluding hydrogens is 354 g/mol. The molecule has 0 saturated heterocycles. The molecule has 6 nitrogen and oxygen atoms in total. The summed E-state index contributed by atoms with van der Waals surface area (Å²) in [5, 5.41) is 3.15. The molecule has 0 radical (unpaired) electrons. The van der Waals surface area contributed by atoms with Crippen LogP contribution in [0.4, 0.5) is 5.69 Å². The monoisotopic (exact) mass is 371 g/mol. The molecule has 1 N–H and O–H groups in total. The van der Waals surface area contributed by atoms with Crippen molar-refractivity contribution in [2.45, 2.75) is 13.8 Å². The Morgan fingerprint density at radius 3 is 2.23 bits per heavy atom. The first-order valence-corrected chi connectivity index (χ1v) is 8.28. The zero-order chi connectivity index (χ0) is 18.8. The summed E-state index contributed by atoms with van der Waals surface area (Å²) in [4.78, 5) is 21.5. The summed E-state index contributed by atoms with van der Waals surface area (Å²) in [6.07, 6.45) is 0. The average molecular weight is 372 g/mol. The van der Waals surface area contributed by atoms with Crippen molar-refractivity contribution in [2.75, 3.05) is 19.5 Å². The van der Waals surface area contributed by atoms with Gasteiger partial charge in [-0.1, -0.05) is 11.6 Å². The van der Waals surface area contributed by atoms with Gasteiger partial charge in [-0.05, 0) is 55.3 Å². The minimum Gasteiger partial charge on any atom is -0.495 e. The van der Waals surface area contributed by atoms with Crippen molar-refractivity contribution >= 4 is 34.2 Å². The fourth-order valence-electron chi connectivity index (χ4n) is 2.52. The quantitative estimate of drug-likeness (QED) is 0.745. The van der Waals surface area contributed by atoms with Crippen LogP contribution in [0, 0.1) is 13.8 Å². The van der Waals surface area contributed by atoms with E-state index in [1.807, 2.05) is 26.0 Å². The highest BCUT2D eigenvalue weighted by atomic mass is 35.5. The molecule has 1 heterocycles. The number of aryl methyl sites for hydroxylation is 2. The fraction of sp³-hybridized carbons (Fsp3) is 0.211. The Morgan fingerprint density at radius 2 is 1.65 bits per heavy atom. The van der Waals surface area contributed by atoms with Gasteiger partial charge >= 0.3 is 0 Å². The van der Waals surface area contributed by atoms with Crippen molar-refractivity contribution in [1.82, 2.24) is 9.97 Å². The van der Waals surface area contributed by atoms with E-state index in [0.717, 1.165) is 11.1 Å². The third-order valence-corrected chi connectivity index (χ3v) is 4.36. The van der Waals surface area contributed by atoms with E-state index in [1.54, 1.807) is 18.2 Å². The second-order valence-corrected chi connectivity index (χ2v) is 6.22. The SMILES string of the molecule is COc1ccc(NC(=O)c2nc3cc(C)c(C)cc3nc2OC)cc1Cl. The molecule has 0 unspecified atom stereocenters. The molecule has 0 spiro atoms. The highest BCUT2D eigenvalue weighted by Gasteiger charge is 2.18. The van der Waals surface area contributed by atoms with Crippen LogP contribution in [0.3, 0.4) is 0 Å². The maximum atomic E-state index is 12.7. The Bertz CT molecular complexity index is 1000. The smallest absolute Gasteiger partial charge is 0.279 e. The number of anilines is 1. The van der Waals surface area contributed by atoms with Crippen LogP contribution < -0.4 is 14.8 Å². The first-order valence-electron chi connectivity index (χ1n) is 7.91. The van der Waals surface area contributed by atoms with Gasteiger partial charge in [0.1, 0.15) is 5.75 Å². The van der Waals surface area contributed by atoms with E-state index in [2.05, 4.69) is 15.3 Å². The molecule has 3 aromatic rings. The van der Waals surface area contributed by atoms with Crippen molar-refractivity contribution < 1.29 is 14.3 Å². The molecular formula is C19H18ClN3O3. The number of fused-ring (bicyclic) bond motifs is 1. The normalized spacial score (nSPS) is 10.7. The molecule has 0 fully saturated rings. The van der Waals surface area contributed by atoms with Gasteiger partial charge in [-0.15, -0.1) is 0 Å². The first kappa shape index (κ1) is 17.9. The predicted octanol–water partition coefficient (Wildman–Crippen LogP) is 4.17. The van der Waals surface area contributed by atoms with Crippen LogP contribution in [0.15, 0.2) is 30.3 Å². The summed E-state index contributed by atoms with van der Waals surface area (Å²) in [6, 6.07) is 8.79. The first-order chi connectivity index (χ1) is 12.4. The Balaban J connectivity index is 1.99. The molecule has 0 aliphatic heterocycles. The van der Waals surface area contributed by atoms with Crippen LogP contribution in [-0.4, -0.2) is 30.1 Å². The summed E-state index contributed by atoms with van der Waals surface area (Å²) in [5.74, 6) is 0.257. The number of hydrogen-bond donors (Lipinski definition) is 1. The Labute approximate surface area is 156 Å². The molecule has 2 aromatic carbocycles. The van der Waals surface area contributed by atoms with Gasteiger partial charge in [-0.25, -0.2) is 9.97 Å². The van der Waals surface area contributed by atoms with Crippen molar-refractivity contribution in [3.8, 4) is 11.6 Å². The number of benzene rings is 2. The fourth-order valence-corrected chi connectivity index (χ4v) is 2.78. The van der Waals surface area contributed by atoms with Crippen LogP contribution >= 0.6 is 11.6 Å². The predicted molar refractivity (Wildman–Crippen MR) is 102 cm³/mol. The minimum atomic E-state index is -0.435. The van der Waals surface area contributed by atoms with Crippen LogP contribution in [0.5, 0.6) is 11.6 Å². The lowest BCUT2D eigenvalue weighted by Crippen LogP contribution is -2.16. The van der Waals surface area contributed by atoms with Crippen molar-refractivity contribution in [3.63, 3.8) is 0 Å². The lowest BCUT2D eigenvalue weighted by Gasteiger charge is -2.11. The minimum absolute atomic E-state index is 0.107. The molecule has 3 rings (SSSR count). The Morgan fingerprint density at radius 1 is 1.00 bits per heavy atom. The van der Waals surface area contributed by atoms with Crippen LogP contribution in [0.2, 0.25) is 5.02 Å². The van der Waals surface area contributed by atoms with E-state index >= 15 is 0 Å². The van der Waals surface area contributed by atoms with Gasteiger partial charge in [0.05, 0.1) is 30.3 Å². The molecule has 0 saturated carbocycles. The Hall–Kier alpha value is -2.86. The molecule has 0 atom stereocenters. The van der Waals surface area contributed by atoms with Gasteiger partial charge in [0.15, 0.2) is 5.69 Å². The van der Waals surface area contributed by atoms with Crippen molar-refractivity contribution in [1.29, 1.82) is 0 Å². The van der Waals surface area contributed by atoms with E-state index < -0.39 is 5.91 Å². The number of methoxy groups -OCH3 is 2. The van der Waals surface area contributed by atoms with Crippen LogP contribution in [0.1, 0.15) is 21.6 Å². The number of aromatic nitrogens is 2. The van der Waals surface area contributed by atoms with E-state index in [1.165, 1.54) is 14.2 Å². The van der Waals surface area contributed by atoms with E-state index in [-0.39, 0.29) is 11.6 Å². The summed E-state index contributed by atoms with van der Waals surface area (Å²) in [5.41, 5.74) is 4.10. The number of hydrogen-bond acceptors (Lipinski definition) is 5. The third kappa shape index (κ3) is 3.41. The van der Waals surface area contributed by atoms with Crippen molar-refractivity contribution in [2.24, 2.45) is 0 Å². The topological polar surface area (TPSA) is 73.3 Å². The summed E-state index contributed by atoms with van der Waals surface area (Å²) < 4.78 is 10.4. The summed E-state index contributed by atoms with van der Waals surface area (Å²) in [6.45, 7) is 3.98. The standard InChI is InChI=1S/C19H18ClN3O3/c1-10-7-14-15(8-11(10)2)23-19(26-4)17(22-14)18(24)21-12-5-6-16(25-3)13(20)9-12/h5-9H,1-4H3,(H,21,24). The van der Waals surface area contributed by atoms with E-state index in [4.69, 9.17) is 21.1 Å². The van der Waals surface area contributed by atoms with Crippen LogP contribution in [0.25, 0.3) is 11.0 Å². The summed E-state index contributed by atoms with van der Waals surface area (Å²) in [7, 11) is 2.98. The molecule has 0 aliphatic carbocycles. The highest BCUT2D eigenvalue weighted by molar-refractivity contribution is 6.32. The zero-order valence-electron chi connectivity index (χ0n) is 14.9. The van der Waals surface area contributed by atoms with Crippen molar-refractivity contribution in [3.05, 3.63) is 52.2 Å². The largest absolute Gasteiger partial charge is 0.495 e. The zero-order valence-corrected chi connectivity index (χ0v) is 15.6. The van der Waals surface area contributed by atoms with Gasteiger partial charge in [0, 0.05) is 5.69 Å². The number of nitrogens with zero attached hydrogens (tertiary/aromatic N) is 2. The van der Waals surface area contributed by atoms with Gasteiger partial charge < -0.3 is 14.8 Å². The number of halogens is 1. The number of ether oxygens (including phenoxy) is 2.